The number of nitrogens with one attached hydrogen (secondary N) is 1. The quantitative estimate of drug-likeness (QED) is 0.517. The third-order valence-corrected chi connectivity index (χ3v) is 5.40. The zero-order valence-electron chi connectivity index (χ0n) is 15.8. The van der Waals surface area contributed by atoms with E-state index in [1.165, 1.54) is 22.4 Å². The number of benzene rings is 2. The van der Waals surface area contributed by atoms with Gasteiger partial charge in [0.1, 0.15) is 0 Å². The predicted molar refractivity (Wildman–Crippen MR) is 109 cm³/mol. The Morgan fingerprint density at radius 3 is 2.41 bits per heavy atom. The molecule has 0 spiro atoms. The summed E-state index contributed by atoms with van der Waals surface area (Å²) in [7, 11) is 1.82. The highest BCUT2D eigenvalue weighted by Gasteiger charge is 2.23. The molecule has 0 bridgehead atoms. The van der Waals surface area contributed by atoms with E-state index in [1.54, 1.807) is 0 Å². The summed E-state index contributed by atoms with van der Waals surface area (Å²) in [6, 6.07) is 16.8. The number of aliphatic imine (C=N–C) groups is 1. The first kappa shape index (κ1) is 17.6. The van der Waals surface area contributed by atoms with Gasteiger partial charge in [0.2, 0.25) is 5.91 Å². The number of fused-ring (bicyclic) bond motifs is 2. The van der Waals surface area contributed by atoms with Gasteiger partial charge >= 0.3 is 0 Å². The molecular formula is C22H26N4O. The molecule has 5 heteroatoms. The number of rotatable bonds is 4. The molecule has 0 saturated heterocycles. The molecule has 0 atom stereocenters. The zero-order chi connectivity index (χ0) is 18.6. The van der Waals surface area contributed by atoms with Gasteiger partial charge in [-0.05, 0) is 35.6 Å². The Morgan fingerprint density at radius 1 is 1.04 bits per heavy atom. The number of para-hydroxylation sites is 1. The summed E-state index contributed by atoms with van der Waals surface area (Å²) in [6.07, 6.45) is 2.42. The van der Waals surface area contributed by atoms with Crippen LogP contribution in [0, 0.1) is 0 Å². The van der Waals surface area contributed by atoms with Gasteiger partial charge in [-0.1, -0.05) is 42.5 Å². The maximum absolute atomic E-state index is 12.5. The second-order valence-corrected chi connectivity index (χ2v) is 7.13. The van der Waals surface area contributed by atoms with Crippen LogP contribution >= 0.6 is 0 Å². The van der Waals surface area contributed by atoms with Gasteiger partial charge in [0.15, 0.2) is 5.96 Å². The fraction of sp³-hybridized carbons (Fsp3) is 0.364. The van der Waals surface area contributed by atoms with Crippen molar-refractivity contribution in [2.45, 2.75) is 32.4 Å². The van der Waals surface area contributed by atoms with E-state index >= 15 is 0 Å². The van der Waals surface area contributed by atoms with E-state index in [1.807, 2.05) is 24.1 Å². The van der Waals surface area contributed by atoms with E-state index < -0.39 is 0 Å². The minimum Gasteiger partial charge on any atom is -0.356 e. The number of carbonyl (C=O) groups is 1. The standard InChI is InChI=1S/C22H26N4O/c1-23-22(26-14-12-17-7-4-5-10-20(17)26)24-13-6-11-21(27)25-15-18-8-2-3-9-19(18)16-25/h2-5,7-10H,6,11-16H2,1H3,(H,23,24). The maximum Gasteiger partial charge on any atom is 0.223 e. The van der Waals surface area contributed by atoms with Gasteiger partial charge in [-0.15, -0.1) is 0 Å². The molecule has 0 radical (unpaired) electrons. The smallest absolute Gasteiger partial charge is 0.223 e. The Morgan fingerprint density at radius 2 is 1.70 bits per heavy atom. The van der Waals surface area contributed by atoms with Gasteiger partial charge in [-0.25, -0.2) is 0 Å². The fourth-order valence-electron chi connectivity index (χ4n) is 3.96. The average Bonchev–Trinajstić information content (AvgIpc) is 3.32. The molecule has 140 valence electrons. The van der Waals surface area contributed by atoms with Crippen LogP contribution < -0.4 is 10.2 Å². The van der Waals surface area contributed by atoms with Gasteiger partial charge in [-0.2, -0.15) is 0 Å². The molecule has 1 amide bonds. The highest BCUT2D eigenvalue weighted by Crippen LogP contribution is 2.27. The van der Waals surface area contributed by atoms with Crippen molar-refractivity contribution >= 4 is 17.6 Å². The lowest BCUT2D eigenvalue weighted by Crippen LogP contribution is -2.41. The zero-order valence-corrected chi connectivity index (χ0v) is 15.8. The van der Waals surface area contributed by atoms with E-state index in [9.17, 15) is 4.79 Å². The van der Waals surface area contributed by atoms with Gasteiger partial charge in [0.05, 0.1) is 0 Å². The molecule has 2 aromatic carbocycles. The largest absolute Gasteiger partial charge is 0.356 e. The van der Waals surface area contributed by atoms with E-state index in [2.05, 4.69) is 51.6 Å². The predicted octanol–water partition coefficient (Wildman–Crippen LogP) is 2.95. The molecule has 0 aliphatic carbocycles. The highest BCUT2D eigenvalue weighted by molar-refractivity contribution is 5.97. The Labute approximate surface area is 160 Å². The highest BCUT2D eigenvalue weighted by atomic mass is 16.2. The lowest BCUT2D eigenvalue weighted by Gasteiger charge is -2.22. The summed E-state index contributed by atoms with van der Waals surface area (Å²) in [5, 5.41) is 3.42. The van der Waals surface area contributed by atoms with E-state index in [-0.39, 0.29) is 5.91 Å². The minimum absolute atomic E-state index is 0.231. The van der Waals surface area contributed by atoms with E-state index in [0.29, 0.717) is 6.42 Å². The molecular weight excluding hydrogens is 336 g/mol. The van der Waals surface area contributed by atoms with Crippen molar-refractivity contribution in [1.29, 1.82) is 0 Å². The normalized spacial score (nSPS) is 15.7. The van der Waals surface area contributed by atoms with Crippen LogP contribution in [0.15, 0.2) is 53.5 Å². The summed E-state index contributed by atoms with van der Waals surface area (Å²) in [6.45, 7) is 3.19. The van der Waals surface area contributed by atoms with Crippen LogP contribution in [0.5, 0.6) is 0 Å². The Bertz CT molecular complexity index is 836. The van der Waals surface area contributed by atoms with Crippen molar-refractivity contribution in [2.75, 3.05) is 25.0 Å². The topological polar surface area (TPSA) is 47.9 Å². The average molecular weight is 362 g/mol. The van der Waals surface area contributed by atoms with Gasteiger partial charge in [0.25, 0.3) is 0 Å². The molecule has 5 nitrogen and oxygen atoms in total. The fourth-order valence-corrected chi connectivity index (χ4v) is 3.96. The van der Waals surface area contributed by atoms with Crippen LogP contribution in [0.2, 0.25) is 0 Å². The number of carbonyl (C=O) groups excluding carboxylic acids is 1. The molecule has 4 rings (SSSR count). The van der Waals surface area contributed by atoms with Crippen LogP contribution in [-0.4, -0.2) is 36.9 Å². The molecule has 27 heavy (non-hydrogen) atoms. The van der Waals surface area contributed by atoms with Gasteiger partial charge < -0.3 is 15.1 Å². The first-order valence-corrected chi connectivity index (χ1v) is 9.67. The monoisotopic (exact) mass is 362 g/mol. The Hall–Kier alpha value is -2.82. The van der Waals surface area contributed by atoms with Crippen molar-refractivity contribution in [3.05, 3.63) is 65.2 Å². The van der Waals surface area contributed by atoms with Crippen molar-refractivity contribution in [2.24, 2.45) is 4.99 Å². The van der Waals surface area contributed by atoms with Crippen molar-refractivity contribution < 1.29 is 4.79 Å². The molecule has 2 aliphatic rings. The number of guanidine groups is 1. The third-order valence-electron chi connectivity index (χ3n) is 5.40. The molecule has 0 unspecified atom stereocenters. The number of amides is 1. The lowest BCUT2D eigenvalue weighted by molar-refractivity contribution is -0.131. The summed E-state index contributed by atoms with van der Waals surface area (Å²) < 4.78 is 0. The second-order valence-electron chi connectivity index (χ2n) is 7.13. The van der Waals surface area contributed by atoms with Crippen LogP contribution in [0.3, 0.4) is 0 Å². The van der Waals surface area contributed by atoms with Crippen molar-refractivity contribution in [1.82, 2.24) is 10.2 Å². The number of hydrogen-bond acceptors (Lipinski definition) is 2. The number of hydrogen-bond donors (Lipinski definition) is 1. The number of nitrogens with zero attached hydrogens (tertiary/aromatic N) is 3. The lowest BCUT2D eigenvalue weighted by atomic mass is 10.1. The SMILES string of the molecule is CN=C(NCCCC(=O)N1Cc2ccccc2C1)N1CCc2ccccc21. The summed E-state index contributed by atoms with van der Waals surface area (Å²) >= 11 is 0. The van der Waals surface area contributed by atoms with Crippen LogP contribution in [-0.2, 0) is 24.3 Å². The minimum atomic E-state index is 0.231. The summed E-state index contributed by atoms with van der Waals surface area (Å²) in [5.41, 5.74) is 5.15. The maximum atomic E-state index is 12.5. The molecule has 2 aliphatic heterocycles. The molecule has 2 aromatic rings. The number of anilines is 1. The summed E-state index contributed by atoms with van der Waals surface area (Å²) in [4.78, 5) is 21.1. The van der Waals surface area contributed by atoms with Gasteiger partial charge in [-0.3, -0.25) is 9.79 Å². The van der Waals surface area contributed by atoms with Gasteiger partial charge in [0, 0.05) is 45.3 Å². The molecule has 1 N–H and O–H groups in total. The van der Waals surface area contributed by atoms with Crippen LogP contribution in [0.4, 0.5) is 5.69 Å². The third kappa shape index (κ3) is 3.68. The van der Waals surface area contributed by atoms with Crippen LogP contribution in [0.25, 0.3) is 0 Å². The van der Waals surface area contributed by atoms with Crippen molar-refractivity contribution in [3.63, 3.8) is 0 Å². The summed E-state index contributed by atoms with van der Waals surface area (Å²) in [5.74, 6) is 1.12. The van der Waals surface area contributed by atoms with Crippen molar-refractivity contribution in [3.8, 4) is 0 Å². The Balaban J connectivity index is 1.25. The first-order chi connectivity index (χ1) is 13.3. The van der Waals surface area contributed by atoms with E-state index in [0.717, 1.165) is 45.0 Å². The van der Waals surface area contributed by atoms with Crippen LogP contribution in [0.1, 0.15) is 29.5 Å². The Kier molecular flexibility index (Phi) is 5.10. The molecule has 0 fully saturated rings. The molecule has 2 heterocycles. The van der Waals surface area contributed by atoms with E-state index in [4.69, 9.17) is 0 Å². The first-order valence-electron chi connectivity index (χ1n) is 9.67. The molecule has 0 saturated carbocycles. The second kappa shape index (κ2) is 7.82. The molecule has 0 aromatic heterocycles.